The highest BCUT2D eigenvalue weighted by Crippen LogP contribution is 2.27. The zero-order chi connectivity index (χ0) is 16.3. The van der Waals surface area contributed by atoms with Crippen LogP contribution in [0.5, 0.6) is 0 Å². The summed E-state index contributed by atoms with van der Waals surface area (Å²) in [6, 6.07) is 8.87. The molecule has 0 bridgehead atoms. The molecule has 1 heterocycles. The van der Waals surface area contributed by atoms with Gasteiger partial charge < -0.3 is 11.1 Å². The minimum absolute atomic E-state index is 0.0763. The molecule has 4 nitrogen and oxygen atoms in total. The van der Waals surface area contributed by atoms with Gasteiger partial charge in [0.05, 0.1) is 5.54 Å². The summed E-state index contributed by atoms with van der Waals surface area (Å²) in [4.78, 5) is 14.9. The number of piperidine rings is 1. The Labute approximate surface area is 139 Å². The molecule has 0 spiro atoms. The van der Waals surface area contributed by atoms with Crippen LogP contribution in [0.3, 0.4) is 0 Å². The van der Waals surface area contributed by atoms with E-state index in [2.05, 4.69) is 41.4 Å². The van der Waals surface area contributed by atoms with E-state index >= 15 is 0 Å². The van der Waals surface area contributed by atoms with Crippen LogP contribution in [-0.2, 0) is 11.3 Å². The van der Waals surface area contributed by atoms with Gasteiger partial charge in [0.15, 0.2) is 0 Å². The maximum Gasteiger partial charge on any atom is 0.240 e. The molecule has 0 aromatic heterocycles. The fourth-order valence-electron chi connectivity index (χ4n) is 3.83. The Hall–Kier alpha value is -1.39. The lowest BCUT2D eigenvalue weighted by atomic mass is 9.96. The van der Waals surface area contributed by atoms with Crippen molar-refractivity contribution >= 4 is 5.91 Å². The average molecular weight is 315 g/mol. The van der Waals surface area contributed by atoms with E-state index in [1.54, 1.807) is 0 Å². The van der Waals surface area contributed by atoms with E-state index in [1.165, 1.54) is 11.1 Å². The van der Waals surface area contributed by atoms with Crippen LogP contribution in [0.4, 0.5) is 0 Å². The number of nitrogens with two attached hydrogens (primary N) is 1. The first kappa shape index (κ1) is 16.5. The van der Waals surface area contributed by atoms with E-state index in [9.17, 15) is 4.79 Å². The predicted octanol–water partition coefficient (Wildman–Crippen LogP) is 2.35. The third-order valence-electron chi connectivity index (χ3n) is 5.53. The summed E-state index contributed by atoms with van der Waals surface area (Å²) in [6.45, 7) is 5.26. The van der Waals surface area contributed by atoms with Crippen LogP contribution in [0.15, 0.2) is 24.3 Å². The van der Waals surface area contributed by atoms with Gasteiger partial charge in [-0.3, -0.25) is 9.69 Å². The second-order valence-corrected chi connectivity index (χ2v) is 7.31. The van der Waals surface area contributed by atoms with Gasteiger partial charge in [-0.25, -0.2) is 0 Å². The van der Waals surface area contributed by atoms with Crippen molar-refractivity contribution < 1.29 is 4.79 Å². The molecule has 1 amide bonds. The Kier molecular flexibility index (Phi) is 5.02. The molecule has 3 N–H and O–H groups in total. The quantitative estimate of drug-likeness (QED) is 0.896. The lowest BCUT2D eigenvalue weighted by molar-refractivity contribution is -0.127. The van der Waals surface area contributed by atoms with E-state index in [0.717, 1.165) is 58.2 Å². The number of nitrogens with one attached hydrogen (secondary N) is 1. The smallest absolute Gasteiger partial charge is 0.240 e. The van der Waals surface area contributed by atoms with E-state index in [1.807, 2.05) is 0 Å². The molecule has 0 radical (unpaired) electrons. The molecular formula is C19H29N3O. The molecule has 1 aliphatic carbocycles. The number of carbonyl (C=O) groups is 1. The zero-order valence-corrected chi connectivity index (χ0v) is 14.2. The van der Waals surface area contributed by atoms with Crippen LogP contribution in [0.25, 0.3) is 0 Å². The highest BCUT2D eigenvalue weighted by atomic mass is 16.2. The van der Waals surface area contributed by atoms with Crippen molar-refractivity contribution in [1.29, 1.82) is 0 Å². The van der Waals surface area contributed by atoms with Crippen molar-refractivity contribution in [3.63, 3.8) is 0 Å². The number of aryl methyl sites for hydroxylation is 1. The number of hydrogen-bond donors (Lipinski definition) is 2. The lowest BCUT2D eigenvalue weighted by Crippen LogP contribution is -2.56. The Bertz CT molecular complexity index is 543. The number of rotatable bonds is 4. The maximum atomic E-state index is 12.4. The third kappa shape index (κ3) is 3.93. The first-order valence-electron chi connectivity index (χ1n) is 8.93. The SMILES string of the molecule is Cc1ccccc1CN1CCC(NC(=O)C2(N)CCCC2)CC1. The number of hydrogen-bond acceptors (Lipinski definition) is 3. The average Bonchev–Trinajstić information content (AvgIpc) is 3.00. The fraction of sp³-hybridized carbons (Fsp3) is 0.632. The number of carbonyl (C=O) groups excluding carboxylic acids is 1. The molecule has 2 fully saturated rings. The second-order valence-electron chi connectivity index (χ2n) is 7.31. The maximum absolute atomic E-state index is 12.4. The lowest BCUT2D eigenvalue weighted by Gasteiger charge is -2.34. The minimum Gasteiger partial charge on any atom is -0.352 e. The summed E-state index contributed by atoms with van der Waals surface area (Å²) in [5, 5.41) is 3.21. The molecule has 2 aliphatic rings. The van der Waals surface area contributed by atoms with Crippen molar-refractivity contribution in [2.24, 2.45) is 5.73 Å². The van der Waals surface area contributed by atoms with Crippen LogP contribution in [0.1, 0.15) is 49.7 Å². The Morgan fingerprint density at radius 1 is 1.26 bits per heavy atom. The van der Waals surface area contributed by atoms with Crippen LogP contribution >= 0.6 is 0 Å². The summed E-state index contributed by atoms with van der Waals surface area (Å²) in [5.74, 6) is 0.0763. The van der Waals surface area contributed by atoms with Crippen molar-refractivity contribution in [3.05, 3.63) is 35.4 Å². The number of nitrogens with zero attached hydrogens (tertiary/aromatic N) is 1. The summed E-state index contributed by atoms with van der Waals surface area (Å²) in [6.07, 6.45) is 5.88. The molecule has 4 heteroatoms. The molecule has 1 aliphatic heterocycles. The van der Waals surface area contributed by atoms with Gasteiger partial charge in [0.2, 0.25) is 5.91 Å². The van der Waals surface area contributed by atoms with E-state index < -0.39 is 5.54 Å². The van der Waals surface area contributed by atoms with Crippen LogP contribution in [-0.4, -0.2) is 35.5 Å². The van der Waals surface area contributed by atoms with E-state index in [-0.39, 0.29) is 11.9 Å². The summed E-state index contributed by atoms with van der Waals surface area (Å²) in [5.41, 5.74) is 8.40. The van der Waals surface area contributed by atoms with Gasteiger partial charge in [-0.05, 0) is 43.7 Å². The monoisotopic (exact) mass is 315 g/mol. The first-order chi connectivity index (χ1) is 11.1. The largest absolute Gasteiger partial charge is 0.352 e. The highest BCUT2D eigenvalue weighted by molar-refractivity contribution is 5.86. The Balaban J connectivity index is 1.47. The summed E-state index contributed by atoms with van der Waals surface area (Å²) in [7, 11) is 0. The fourth-order valence-corrected chi connectivity index (χ4v) is 3.83. The molecule has 23 heavy (non-hydrogen) atoms. The van der Waals surface area contributed by atoms with E-state index in [0.29, 0.717) is 0 Å². The molecule has 1 saturated carbocycles. The van der Waals surface area contributed by atoms with E-state index in [4.69, 9.17) is 5.73 Å². The van der Waals surface area contributed by atoms with Gasteiger partial charge >= 0.3 is 0 Å². The van der Waals surface area contributed by atoms with Gasteiger partial charge in [0.25, 0.3) is 0 Å². The van der Waals surface area contributed by atoms with Crippen molar-refractivity contribution in [3.8, 4) is 0 Å². The first-order valence-corrected chi connectivity index (χ1v) is 8.93. The summed E-state index contributed by atoms with van der Waals surface area (Å²) < 4.78 is 0. The topological polar surface area (TPSA) is 58.4 Å². The Morgan fingerprint density at radius 2 is 1.91 bits per heavy atom. The van der Waals surface area contributed by atoms with Crippen LogP contribution in [0, 0.1) is 6.92 Å². The van der Waals surface area contributed by atoms with Crippen molar-refractivity contribution in [2.75, 3.05) is 13.1 Å². The van der Waals surface area contributed by atoms with Crippen LogP contribution < -0.4 is 11.1 Å². The Morgan fingerprint density at radius 3 is 2.57 bits per heavy atom. The van der Waals surface area contributed by atoms with Gasteiger partial charge in [-0.1, -0.05) is 37.1 Å². The summed E-state index contributed by atoms with van der Waals surface area (Å²) >= 11 is 0. The minimum atomic E-state index is -0.599. The molecule has 0 unspecified atom stereocenters. The molecule has 1 aromatic rings. The molecule has 1 aromatic carbocycles. The van der Waals surface area contributed by atoms with Crippen LogP contribution in [0.2, 0.25) is 0 Å². The van der Waals surface area contributed by atoms with Crippen molar-refractivity contribution in [1.82, 2.24) is 10.2 Å². The third-order valence-corrected chi connectivity index (χ3v) is 5.53. The van der Waals surface area contributed by atoms with Gasteiger partial charge in [-0.2, -0.15) is 0 Å². The number of likely N-dealkylation sites (tertiary alicyclic amines) is 1. The molecule has 1 saturated heterocycles. The highest BCUT2D eigenvalue weighted by Gasteiger charge is 2.38. The standard InChI is InChI=1S/C19H29N3O/c1-15-6-2-3-7-16(15)14-22-12-8-17(9-13-22)21-18(23)19(20)10-4-5-11-19/h2-3,6-7,17H,4-5,8-14,20H2,1H3,(H,21,23). The number of amides is 1. The molecule has 3 rings (SSSR count). The number of benzene rings is 1. The molecule has 0 atom stereocenters. The van der Waals surface area contributed by atoms with Gasteiger partial charge in [0, 0.05) is 25.7 Å². The normalized spacial score (nSPS) is 22.2. The van der Waals surface area contributed by atoms with Gasteiger partial charge in [-0.15, -0.1) is 0 Å². The molecule has 126 valence electrons. The van der Waals surface area contributed by atoms with Crippen molar-refractivity contribution in [2.45, 2.75) is 63.6 Å². The zero-order valence-electron chi connectivity index (χ0n) is 14.2. The predicted molar refractivity (Wildman–Crippen MR) is 93.0 cm³/mol. The van der Waals surface area contributed by atoms with Gasteiger partial charge in [0.1, 0.15) is 0 Å². The second kappa shape index (κ2) is 7.02. The molecular weight excluding hydrogens is 286 g/mol.